The van der Waals surface area contributed by atoms with Crippen LogP contribution < -0.4 is 0 Å². The maximum Gasteiger partial charge on any atom is 0.338 e. The minimum Gasteiger partial charge on any atom is -0.453 e. The van der Waals surface area contributed by atoms with Crippen LogP contribution >= 0.6 is 0 Å². The molecule has 2 unspecified atom stereocenters. The topological polar surface area (TPSA) is 113 Å². The molecule has 7 heteroatoms. The Labute approximate surface area is 199 Å². The van der Waals surface area contributed by atoms with Crippen LogP contribution in [0.15, 0.2) is 42.0 Å². The highest BCUT2D eigenvalue weighted by Gasteiger charge is 2.75. The molecule has 4 aliphatic rings. The summed E-state index contributed by atoms with van der Waals surface area (Å²) in [5, 5.41) is 35.6. The van der Waals surface area contributed by atoms with Gasteiger partial charge in [-0.1, -0.05) is 52.3 Å². The van der Waals surface area contributed by atoms with E-state index in [0.717, 1.165) is 6.42 Å². The molecule has 7 nitrogen and oxygen atoms in total. The zero-order chi connectivity index (χ0) is 24.7. The van der Waals surface area contributed by atoms with Gasteiger partial charge in [-0.05, 0) is 48.1 Å². The third kappa shape index (κ3) is 2.93. The Morgan fingerprint density at radius 2 is 1.79 bits per heavy atom. The van der Waals surface area contributed by atoms with E-state index in [9.17, 15) is 24.9 Å². The fourth-order valence-corrected chi connectivity index (χ4v) is 7.91. The summed E-state index contributed by atoms with van der Waals surface area (Å²) in [6.07, 6.45) is 1.22. The average molecular weight is 471 g/mol. The SMILES string of the molecule is CC1C2=CC(=O)O[C@]2(O)C[C@H]2C1[C@@H](O)[C@@H](OC(=O)c1ccccc1)[C@@]1(O)C(C)(C)CCC[C@]21C. The first-order valence-corrected chi connectivity index (χ1v) is 12.2. The first-order valence-electron chi connectivity index (χ1n) is 12.2. The second-order valence-corrected chi connectivity index (χ2v) is 11.6. The number of ether oxygens (including phenoxy) is 2. The Morgan fingerprint density at radius 3 is 2.47 bits per heavy atom. The van der Waals surface area contributed by atoms with E-state index in [1.165, 1.54) is 6.08 Å². The van der Waals surface area contributed by atoms with Crippen molar-refractivity contribution in [1.29, 1.82) is 0 Å². The van der Waals surface area contributed by atoms with Gasteiger partial charge in [-0.2, -0.15) is 0 Å². The molecule has 184 valence electrons. The smallest absolute Gasteiger partial charge is 0.338 e. The first kappa shape index (κ1) is 23.5. The minimum atomic E-state index is -1.74. The summed E-state index contributed by atoms with van der Waals surface area (Å²) in [5.41, 5.74) is -2.26. The maximum absolute atomic E-state index is 13.1. The summed E-state index contributed by atoms with van der Waals surface area (Å²) in [7, 11) is 0. The van der Waals surface area contributed by atoms with Gasteiger partial charge in [0.2, 0.25) is 5.79 Å². The van der Waals surface area contributed by atoms with Gasteiger partial charge in [0.25, 0.3) is 0 Å². The molecular formula is C27H34O7. The third-order valence-electron chi connectivity index (χ3n) is 9.60. The standard InChI is InChI=1S/C27H34O7/c1-15-17-13-19(28)34-26(17,31)14-18-20(15)21(29)22(33-23(30)16-9-6-5-7-10-16)27(32)24(2,3)11-8-12-25(18,27)4/h5-7,9-10,13,15,18,20-22,29,31-32H,8,11-12,14H2,1-4H3/t15?,18-,20?,21+,22+,25+,26+,27+/m0/s1. The fraction of sp³-hybridized carbons (Fsp3) is 0.630. The lowest BCUT2D eigenvalue weighted by Crippen LogP contribution is -2.77. The molecule has 0 bridgehead atoms. The first-order chi connectivity index (χ1) is 15.9. The van der Waals surface area contributed by atoms with Crippen molar-refractivity contribution in [2.45, 2.75) is 77.0 Å². The Bertz CT molecular complexity index is 1050. The Morgan fingerprint density at radius 1 is 1.12 bits per heavy atom. The normalized spacial score (nSPS) is 44.7. The highest BCUT2D eigenvalue weighted by molar-refractivity contribution is 5.89. The molecule has 0 spiro atoms. The van der Waals surface area contributed by atoms with E-state index in [1.54, 1.807) is 30.3 Å². The summed E-state index contributed by atoms with van der Waals surface area (Å²) in [6, 6.07) is 8.56. The molecule has 3 fully saturated rings. The second-order valence-electron chi connectivity index (χ2n) is 11.6. The van der Waals surface area contributed by atoms with Crippen LogP contribution in [0.5, 0.6) is 0 Å². The summed E-state index contributed by atoms with van der Waals surface area (Å²) < 4.78 is 11.3. The lowest BCUT2D eigenvalue weighted by atomic mass is 9.39. The summed E-state index contributed by atoms with van der Waals surface area (Å²) >= 11 is 0. The summed E-state index contributed by atoms with van der Waals surface area (Å²) in [4.78, 5) is 25.3. The summed E-state index contributed by atoms with van der Waals surface area (Å²) in [6.45, 7) is 7.73. The van der Waals surface area contributed by atoms with E-state index in [1.807, 2.05) is 27.7 Å². The van der Waals surface area contributed by atoms with E-state index >= 15 is 0 Å². The third-order valence-corrected chi connectivity index (χ3v) is 9.60. The van der Waals surface area contributed by atoms with Gasteiger partial charge in [-0.25, -0.2) is 9.59 Å². The number of benzene rings is 1. The molecule has 1 aromatic carbocycles. The molecule has 1 heterocycles. The van der Waals surface area contributed by atoms with Crippen LogP contribution in [0.1, 0.15) is 63.7 Å². The van der Waals surface area contributed by atoms with E-state index in [2.05, 4.69) is 0 Å². The van der Waals surface area contributed by atoms with Gasteiger partial charge in [-0.3, -0.25) is 0 Å². The molecule has 0 aromatic heterocycles. The molecule has 0 saturated heterocycles. The van der Waals surface area contributed by atoms with Gasteiger partial charge in [0.05, 0.1) is 11.7 Å². The molecule has 34 heavy (non-hydrogen) atoms. The molecule has 3 aliphatic carbocycles. The molecule has 1 aliphatic heterocycles. The fourth-order valence-electron chi connectivity index (χ4n) is 7.91. The van der Waals surface area contributed by atoms with Crippen molar-refractivity contribution in [3.8, 4) is 0 Å². The van der Waals surface area contributed by atoms with Gasteiger partial charge in [0.1, 0.15) is 5.60 Å². The number of carbonyl (C=O) groups is 2. The van der Waals surface area contributed by atoms with E-state index in [0.29, 0.717) is 24.0 Å². The lowest BCUT2D eigenvalue weighted by molar-refractivity contribution is -0.328. The van der Waals surface area contributed by atoms with Crippen molar-refractivity contribution in [1.82, 2.24) is 0 Å². The van der Waals surface area contributed by atoms with Gasteiger partial charge in [0, 0.05) is 23.5 Å². The van der Waals surface area contributed by atoms with Gasteiger partial charge in [0.15, 0.2) is 6.10 Å². The molecule has 3 saturated carbocycles. The van der Waals surface area contributed by atoms with Crippen LogP contribution in [-0.4, -0.2) is 50.9 Å². The number of carbonyl (C=O) groups excluding carboxylic acids is 2. The van der Waals surface area contributed by atoms with Gasteiger partial charge >= 0.3 is 11.9 Å². The van der Waals surface area contributed by atoms with Crippen molar-refractivity contribution in [2.24, 2.45) is 28.6 Å². The number of fused-ring (bicyclic) bond motifs is 4. The highest BCUT2D eigenvalue weighted by Crippen LogP contribution is 2.68. The van der Waals surface area contributed by atoms with Crippen LogP contribution in [0.4, 0.5) is 0 Å². The predicted octanol–water partition coefficient (Wildman–Crippen LogP) is 2.98. The van der Waals surface area contributed by atoms with Crippen LogP contribution in [0, 0.1) is 28.6 Å². The van der Waals surface area contributed by atoms with Crippen LogP contribution in [-0.2, 0) is 14.3 Å². The predicted molar refractivity (Wildman–Crippen MR) is 122 cm³/mol. The van der Waals surface area contributed by atoms with Crippen molar-refractivity contribution in [3.05, 3.63) is 47.5 Å². The van der Waals surface area contributed by atoms with Gasteiger partial charge in [-0.15, -0.1) is 0 Å². The van der Waals surface area contributed by atoms with E-state index < -0.39 is 58.2 Å². The Kier molecular flexibility index (Phi) is 5.11. The van der Waals surface area contributed by atoms with Crippen molar-refractivity contribution >= 4 is 11.9 Å². The molecule has 3 N–H and O–H groups in total. The van der Waals surface area contributed by atoms with E-state index in [4.69, 9.17) is 9.47 Å². The molecule has 8 atom stereocenters. The molecule has 0 amide bonds. The van der Waals surface area contributed by atoms with Crippen molar-refractivity contribution in [2.75, 3.05) is 0 Å². The number of esters is 2. The van der Waals surface area contributed by atoms with Crippen LogP contribution in [0.2, 0.25) is 0 Å². The van der Waals surface area contributed by atoms with Crippen LogP contribution in [0.25, 0.3) is 0 Å². The van der Waals surface area contributed by atoms with Gasteiger partial charge < -0.3 is 24.8 Å². The zero-order valence-corrected chi connectivity index (χ0v) is 20.2. The highest BCUT2D eigenvalue weighted by atomic mass is 16.7. The quantitative estimate of drug-likeness (QED) is 0.570. The zero-order valence-electron chi connectivity index (χ0n) is 20.2. The summed E-state index contributed by atoms with van der Waals surface area (Å²) in [5.74, 6) is -4.14. The maximum atomic E-state index is 13.1. The number of aliphatic hydroxyl groups is 3. The Hall–Kier alpha value is -2.22. The number of rotatable bonds is 2. The number of aliphatic hydroxyl groups excluding tert-OH is 1. The molecule has 5 rings (SSSR count). The second kappa shape index (κ2) is 7.39. The van der Waals surface area contributed by atoms with E-state index in [-0.39, 0.29) is 12.3 Å². The molecule has 1 aromatic rings. The average Bonchev–Trinajstić information content (AvgIpc) is 3.09. The largest absolute Gasteiger partial charge is 0.453 e. The van der Waals surface area contributed by atoms with Crippen molar-refractivity contribution < 1.29 is 34.4 Å². The molecule has 0 radical (unpaired) electrons. The van der Waals surface area contributed by atoms with Crippen molar-refractivity contribution in [3.63, 3.8) is 0 Å². The lowest BCUT2D eigenvalue weighted by Gasteiger charge is -2.69. The van der Waals surface area contributed by atoms with Crippen LogP contribution in [0.3, 0.4) is 0 Å². The monoisotopic (exact) mass is 470 g/mol. The number of hydrogen-bond acceptors (Lipinski definition) is 7. The number of hydrogen-bond donors (Lipinski definition) is 3. The molecular weight excluding hydrogens is 436 g/mol. The Balaban J connectivity index is 1.63. The minimum absolute atomic E-state index is 0.0882.